The lowest BCUT2D eigenvalue weighted by atomic mass is 10.1. The summed E-state index contributed by atoms with van der Waals surface area (Å²) in [6.07, 6.45) is 0.647. The van der Waals surface area contributed by atoms with Gasteiger partial charge in [0.15, 0.2) is 11.7 Å². The standard InChI is InChI=1S/C28H27N3O3S2/c1-3-25(27(33)31-28-30-24(18-35-28)20-14-12-19(2)13-15-20)36-23-11-7-8-21(16-23)29-26(32)17-34-22-9-5-4-6-10-22/h4-16,18,25H,3,17H2,1-2H3,(H,29,32)(H,30,31,33). The first-order valence-corrected chi connectivity index (χ1v) is 13.3. The van der Waals surface area contributed by atoms with Crippen molar-refractivity contribution in [1.82, 2.24) is 4.98 Å². The predicted molar refractivity (Wildman–Crippen MR) is 148 cm³/mol. The number of rotatable bonds is 10. The Morgan fingerprint density at radius 3 is 2.53 bits per heavy atom. The van der Waals surface area contributed by atoms with Crippen LogP contribution in [0.5, 0.6) is 5.75 Å². The minimum atomic E-state index is -0.302. The zero-order valence-corrected chi connectivity index (χ0v) is 21.7. The van der Waals surface area contributed by atoms with Gasteiger partial charge in [-0.15, -0.1) is 23.1 Å². The van der Waals surface area contributed by atoms with E-state index in [1.54, 1.807) is 12.1 Å². The normalized spacial score (nSPS) is 11.5. The zero-order valence-electron chi connectivity index (χ0n) is 20.1. The highest BCUT2D eigenvalue weighted by molar-refractivity contribution is 8.00. The number of nitrogens with zero attached hydrogens (tertiary/aromatic N) is 1. The molecule has 0 aliphatic heterocycles. The molecule has 1 atom stereocenters. The smallest absolute Gasteiger partial charge is 0.262 e. The third-order valence-electron chi connectivity index (χ3n) is 5.25. The Kier molecular flexibility index (Phi) is 8.76. The van der Waals surface area contributed by atoms with E-state index in [9.17, 15) is 9.59 Å². The van der Waals surface area contributed by atoms with E-state index in [0.29, 0.717) is 23.0 Å². The van der Waals surface area contributed by atoms with E-state index in [1.807, 2.05) is 86.0 Å². The number of carbonyl (C=O) groups is 2. The topological polar surface area (TPSA) is 80.3 Å². The Morgan fingerprint density at radius 2 is 1.78 bits per heavy atom. The number of benzene rings is 3. The van der Waals surface area contributed by atoms with Crippen LogP contribution in [0, 0.1) is 6.92 Å². The lowest BCUT2D eigenvalue weighted by Crippen LogP contribution is -2.24. The summed E-state index contributed by atoms with van der Waals surface area (Å²) >= 11 is 2.87. The number of para-hydroxylation sites is 1. The highest BCUT2D eigenvalue weighted by Crippen LogP contribution is 2.30. The van der Waals surface area contributed by atoms with Crippen LogP contribution in [0.15, 0.2) is 89.1 Å². The van der Waals surface area contributed by atoms with Crippen LogP contribution in [0.3, 0.4) is 0 Å². The van der Waals surface area contributed by atoms with Gasteiger partial charge in [0.1, 0.15) is 5.75 Å². The molecule has 0 bridgehead atoms. The summed E-state index contributed by atoms with van der Waals surface area (Å²) in [5.41, 5.74) is 3.71. The Hall–Kier alpha value is -3.62. The Labute approximate surface area is 219 Å². The molecule has 1 heterocycles. The molecule has 0 radical (unpaired) electrons. The molecule has 0 aliphatic carbocycles. The first-order valence-electron chi connectivity index (χ1n) is 11.6. The monoisotopic (exact) mass is 517 g/mol. The number of anilines is 2. The Bertz CT molecular complexity index is 1310. The molecule has 0 aliphatic rings. The number of aromatic nitrogens is 1. The van der Waals surface area contributed by atoms with E-state index in [2.05, 4.69) is 15.6 Å². The molecular weight excluding hydrogens is 490 g/mol. The minimum Gasteiger partial charge on any atom is -0.484 e. The van der Waals surface area contributed by atoms with Gasteiger partial charge in [-0.25, -0.2) is 4.98 Å². The van der Waals surface area contributed by atoms with Gasteiger partial charge in [0.2, 0.25) is 5.91 Å². The van der Waals surface area contributed by atoms with Gasteiger partial charge in [-0.3, -0.25) is 9.59 Å². The van der Waals surface area contributed by atoms with Gasteiger partial charge in [0.25, 0.3) is 5.91 Å². The van der Waals surface area contributed by atoms with Crippen molar-refractivity contribution in [3.8, 4) is 17.0 Å². The molecule has 4 rings (SSSR count). The van der Waals surface area contributed by atoms with E-state index in [0.717, 1.165) is 16.2 Å². The second-order valence-electron chi connectivity index (χ2n) is 8.09. The number of thiazole rings is 1. The number of amides is 2. The van der Waals surface area contributed by atoms with E-state index in [1.165, 1.54) is 28.7 Å². The third kappa shape index (κ3) is 7.19. The maximum absolute atomic E-state index is 13.0. The summed E-state index contributed by atoms with van der Waals surface area (Å²) in [6.45, 7) is 3.94. The van der Waals surface area contributed by atoms with Crippen molar-refractivity contribution in [2.24, 2.45) is 0 Å². The van der Waals surface area contributed by atoms with Crippen molar-refractivity contribution in [3.63, 3.8) is 0 Å². The summed E-state index contributed by atoms with van der Waals surface area (Å²) in [4.78, 5) is 30.7. The number of ether oxygens (including phenoxy) is 1. The van der Waals surface area contributed by atoms with Gasteiger partial charge in [-0.1, -0.05) is 61.0 Å². The lowest BCUT2D eigenvalue weighted by molar-refractivity contribution is -0.118. The molecule has 36 heavy (non-hydrogen) atoms. The Balaban J connectivity index is 1.33. The van der Waals surface area contributed by atoms with Crippen LogP contribution in [-0.2, 0) is 9.59 Å². The average molecular weight is 518 g/mol. The van der Waals surface area contributed by atoms with Crippen molar-refractivity contribution in [2.75, 3.05) is 17.2 Å². The summed E-state index contributed by atoms with van der Waals surface area (Å²) in [5, 5.41) is 8.03. The number of carbonyl (C=O) groups excluding carboxylic acids is 2. The van der Waals surface area contributed by atoms with Crippen molar-refractivity contribution >= 4 is 45.7 Å². The number of aryl methyl sites for hydroxylation is 1. The molecule has 8 heteroatoms. The number of thioether (sulfide) groups is 1. The highest BCUT2D eigenvalue weighted by Gasteiger charge is 2.20. The predicted octanol–water partition coefficient (Wildman–Crippen LogP) is 6.65. The van der Waals surface area contributed by atoms with Gasteiger partial charge in [0.05, 0.1) is 10.9 Å². The molecule has 1 unspecified atom stereocenters. The highest BCUT2D eigenvalue weighted by atomic mass is 32.2. The van der Waals surface area contributed by atoms with Gasteiger partial charge in [-0.2, -0.15) is 0 Å². The van der Waals surface area contributed by atoms with Gasteiger partial charge < -0.3 is 15.4 Å². The molecule has 0 spiro atoms. The van der Waals surface area contributed by atoms with Gasteiger partial charge >= 0.3 is 0 Å². The average Bonchev–Trinajstić information content (AvgIpc) is 3.35. The fraction of sp³-hybridized carbons (Fsp3) is 0.179. The fourth-order valence-corrected chi connectivity index (χ4v) is 5.11. The second kappa shape index (κ2) is 12.4. The summed E-state index contributed by atoms with van der Waals surface area (Å²) in [5.74, 6) is 0.289. The quantitative estimate of drug-likeness (QED) is 0.230. The van der Waals surface area contributed by atoms with Crippen LogP contribution in [0.2, 0.25) is 0 Å². The Morgan fingerprint density at radius 1 is 1.00 bits per heavy atom. The van der Waals surface area contributed by atoms with Crippen LogP contribution in [0.4, 0.5) is 10.8 Å². The van der Waals surface area contributed by atoms with E-state index >= 15 is 0 Å². The zero-order chi connectivity index (χ0) is 25.3. The molecule has 0 saturated heterocycles. The van der Waals surface area contributed by atoms with E-state index in [-0.39, 0.29) is 23.7 Å². The summed E-state index contributed by atoms with van der Waals surface area (Å²) < 4.78 is 5.50. The van der Waals surface area contributed by atoms with Crippen molar-refractivity contribution in [1.29, 1.82) is 0 Å². The first-order chi connectivity index (χ1) is 17.5. The van der Waals surface area contributed by atoms with Crippen LogP contribution in [-0.4, -0.2) is 28.7 Å². The minimum absolute atomic E-state index is 0.0836. The summed E-state index contributed by atoms with van der Waals surface area (Å²) in [7, 11) is 0. The fourth-order valence-electron chi connectivity index (χ4n) is 3.37. The SMILES string of the molecule is CCC(Sc1cccc(NC(=O)COc2ccccc2)c1)C(=O)Nc1nc(-c2ccc(C)cc2)cs1. The third-order valence-corrected chi connectivity index (χ3v) is 7.37. The maximum atomic E-state index is 13.0. The van der Waals surface area contributed by atoms with Gasteiger partial charge in [0, 0.05) is 21.5 Å². The van der Waals surface area contributed by atoms with E-state index in [4.69, 9.17) is 4.74 Å². The van der Waals surface area contributed by atoms with E-state index < -0.39 is 0 Å². The molecule has 0 saturated carbocycles. The molecule has 2 amide bonds. The largest absolute Gasteiger partial charge is 0.484 e. The van der Waals surface area contributed by atoms with Crippen molar-refractivity contribution in [3.05, 3.63) is 89.8 Å². The van der Waals surface area contributed by atoms with Crippen molar-refractivity contribution in [2.45, 2.75) is 30.4 Å². The summed E-state index contributed by atoms with van der Waals surface area (Å²) in [6, 6.07) is 24.8. The number of hydrogen-bond donors (Lipinski definition) is 2. The molecule has 2 N–H and O–H groups in total. The molecular formula is C28H27N3O3S2. The van der Waals surface area contributed by atoms with Crippen LogP contribution in [0.25, 0.3) is 11.3 Å². The molecule has 4 aromatic rings. The van der Waals surface area contributed by atoms with Crippen molar-refractivity contribution < 1.29 is 14.3 Å². The van der Waals surface area contributed by atoms with Crippen LogP contribution >= 0.6 is 23.1 Å². The number of nitrogens with one attached hydrogen (secondary N) is 2. The molecule has 1 aromatic heterocycles. The molecule has 3 aromatic carbocycles. The number of hydrogen-bond acceptors (Lipinski definition) is 6. The maximum Gasteiger partial charge on any atom is 0.262 e. The molecule has 184 valence electrons. The first kappa shape index (κ1) is 25.5. The molecule has 6 nitrogen and oxygen atoms in total. The van der Waals surface area contributed by atoms with Crippen LogP contribution < -0.4 is 15.4 Å². The molecule has 0 fully saturated rings. The lowest BCUT2D eigenvalue weighted by Gasteiger charge is -2.14. The van der Waals surface area contributed by atoms with Crippen LogP contribution in [0.1, 0.15) is 18.9 Å². The second-order valence-corrected chi connectivity index (χ2v) is 10.2. The van der Waals surface area contributed by atoms with Gasteiger partial charge in [-0.05, 0) is 43.7 Å².